The molecule has 0 bridgehead atoms. The van der Waals surface area contributed by atoms with Crippen LogP contribution in [0.15, 0.2) is 0 Å². The van der Waals surface area contributed by atoms with Crippen LogP contribution in [-0.4, -0.2) is 16.5 Å². The Morgan fingerprint density at radius 3 is 1.33 bits per heavy atom. The van der Waals surface area contributed by atoms with Crippen molar-refractivity contribution in [3.8, 4) is 0 Å². The fraction of sp³-hybridized carbons (Fsp3) is 1.00. The molecule has 0 saturated carbocycles. The maximum Gasteiger partial charge on any atom is 0.129 e. The summed E-state index contributed by atoms with van der Waals surface area (Å²) in [6.07, 6.45) is 0. The fourth-order valence-corrected chi connectivity index (χ4v) is 13.9. The third-order valence-corrected chi connectivity index (χ3v) is 10.2. The Hall–Kier alpha value is 0.394. The van der Waals surface area contributed by atoms with E-state index in [0.29, 0.717) is 0 Å². The summed E-state index contributed by atoms with van der Waals surface area (Å²) in [4.78, 5) is 0. The summed E-state index contributed by atoms with van der Waals surface area (Å²) in [6.45, 7) is 9.53. The van der Waals surface area contributed by atoms with E-state index in [9.17, 15) is 0 Å². The number of hydrogen-bond acceptors (Lipinski definition) is 0. The van der Waals surface area contributed by atoms with E-state index in [4.69, 9.17) is 4.65 Å². The standard InChI is InChI=1S/C6H16NSi2/c1-8(2)5-6-9(3,4)7-8/h5-6H2,1-4H3. The van der Waals surface area contributed by atoms with Gasteiger partial charge in [0.1, 0.15) is 16.5 Å². The van der Waals surface area contributed by atoms with Gasteiger partial charge in [0, 0.05) is 0 Å². The predicted molar refractivity (Wildman–Crippen MR) is 46.7 cm³/mol. The molecule has 1 fully saturated rings. The Bertz CT molecular complexity index is 106. The molecule has 0 amide bonds. The summed E-state index contributed by atoms with van der Waals surface area (Å²) < 4.78 is 4.93. The zero-order valence-corrected chi connectivity index (χ0v) is 8.86. The van der Waals surface area contributed by atoms with Crippen molar-refractivity contribution < 1.29 is 0 Å². The van der Waals surface area contributed by atoms with Gasteiger partial charge in [-0.05, 0) is 12.1 Å². The van der Waals surface area contributed by atoms with Crippen LogP contribution in [-0.2, 0) is 0 Å². The van der Waals surface area contributed by atoms with E-state index < -0.39 is 16.5 Å². The van der Waals surface area contributed by atoms with Crippen molar-refractivity contribution in [3.63, 3.8) is 0 Å². The lowest BCUT2D eigenvalue weighted by Crippen LogP contribution is -2.43. The number of rotatable bonds is 0. The van der Waals surface area contributed by atoms with Gasteiger partial charge < -0.3 is 0 Å². The zero-order chi connectivity index (χ0) is 7.12. The van der Waals surface area contributed by atoms with Gasteiger partial charge in [-0.3, -0.25) is 4.65 Å². The van der Waals surface area contributed by atoms with E-state index in [0.717, 1.165) is 0 Å². The molecule has 1 saturated heterocycles. The van der Waals surface area contributed by atoms with Crippen LogP contribution in [0, 0.1) is 0 Å². The lowest BCUT2D eigenvalue weighted by molar-refractivity contribution is 1.34. The number of nitrogens with zero attached hydrogens (tertiary/aromatic N) is 1. The van der Waals surface area contributed by atoms with Crippen molar-refractivity contribution in [2.75, 3.05) is 0 Å². The second kappa shape index (κ2) is 1.94. The van der Waals surface area contributed by atoms with Gasteiger partial charge in [-0.15, -0.1) is 0 Å². The van der Waals surface area contributed by atoms with Gasteiger partial charge in [0.25, 0.3) is 0 Å². The average Bonchev–Trinajstić information content (AvgIpc) is 1.78. The summed E-state index contributed by atoms with van der Waals surface area (Å²) in [6, 6.07) is 2.90. The van der Waals surface area contributed by atoms with Crippen LogP contribution in [0.2, 0.25) is 38.3 Å². The Morgan fingerprint density at radius 2 is 1.22 bits per heavy atom. The Balaban J connectivity index is 2.58. The average molecular weight is 158 g/mol. The first-order chi connectivity index (χ1) is 3.91. The van der Waals surface area contributed by atoms with Gasteiger partial charge in [0.15, 0.2) is 0 Å². The summed E-state index contributed by atoms with van der Waals surface area (Å²) in [5.41, 5.74) is 0. The van der Waals surface area contributed by atoms with Crippen molar-refractivity contribution >= 4 is 16.5 Å². The second-order valence-electron chi connectivity index (χ2n) is 4.24. The SMILES string of the molecule is C[Si]1(C)CC[Si](C)(C)[N]1. The molecule has 0 aromatic rings. The molecule has 0 N–H and O–H groups in total. The summed E-state index contributed by atoms with van der Waals surface area (Å²) in [5.74, 6) is 0. The highest BCUT2D eigenvalue weighted by atomic mass is 28.4. The zero-order valence-electron chi connectivity index (χ0n) is 6.86. The molecule has 0 spiro atoms. The van der Waals surface area contributed by atoms with Gasteiger partial charge in [-0.25, -0.2) is 0 Å². The quantitative estimate of drug-likeness (QED) is 0.479. The Morgan fingerprint density at radius 1 is 0.889 bits per heavy atom. The first kappa shape index (κ1) is 7.50. The molecule has 1 aliphatic heterocycles. The summed E-state index contributed by atoms with van der Waals surface area (Å²) >= 11 is 0. The van der Waals surface area contributed by atoms with E-state index in [1.807, 2.05) is 0 Å². The van der Waals surface area contributed by atoms with E-state index >= 15 is 0 Å². The van der Waals surface area contributed by atoms with E-state index in [2.05, 4.69) is 26.2 Å². The first-order valence-corrected chi connectivity index (χ1v) is 9.96. The molecule has 1 radical (unpaired) electrons. The predicted octanol–water partition coefficient (Wildman–Crippen LogP) is 2.01. The maximum atomic E-state index is 4.93. The molecular formula is C6H16NSi2. The molecule has 0 aliphatic carbocycles. The normalized spacial score (nSPS) is 30.7. The molecule has 53 valence electrons. The molecule has 9 heavy (non-hydrogen) atoms. The lowest BCUT2D eigenvalue weighted by Gasteiger charge is -2.18. The molecule has 3 heteroatoms. The van der Waals surface area contributed by atoms with Crippen LogP contribution in [0.3, 0.4) is 0 Å². The first-order valence-electron chi connectivity index (χ1n) is 3.65. The van der Waals surface area contributed by atoms with Crippen molar-refractivity contribution in [2.45, 2.75) is 38.3 Å². The largest absolute Gasteiger partial charge is 0.295 e. The molecule has 0 aromatic carbocycles. The molecule has 0 unspecified atom stereocenters. The minimum absolute atomic E-state index is 0.989. The Labute approximate surface area is 60.0 Å². The summed E-state index contributed by atoms with van der Waals surface area (Å²) in [7, 11) is -1.98. The van der Waals surface area contributed by atoms with Crippen molar-refractivity contribution in [1.29, 1.82) is 0 Å². The van der Waals surface area contributed by atoms with Gasteiger partial charge in [0.05, 0.1) is 0 Å². The molecule has 1 rings (SSSR count). The fourth-order valence-electron chi connectivity index (χ4n) is 1.54. The maximum absolute atomic E-state index is 4.93. The molecule has 0 aromatic heterocycles. The monoisotopic (exact) mass is 158 g/mol. The van der Waals surface area contributed by atoms with Gasteiger partial charge in [-0.2, -0.15) is 0 Å². The molecule has 1 heterocycles. The van der Waals surface area contributed by atoms with Crippen molar-refractivity contribution in [1.82, 2.24) is 4.65 Å². The van der Waals surface area contributed by atoms with Crippen LogP contribution in [0.4, 0.5) is 0 Å². The van der Waals surface area contributed by atoms with Gasteiger partial charge >= 0.3 is 0 Å². The highest BCUT2D eigenvalue weighted by Gasteiger charge is 2.39. The molecular weight excluding hydrogens is 142 g/mol. The Kier molecular flexibility index (Phi) is 1.61. The topological polar surface area (TPSA) is 14.1 Å². The van der Waals surface area contributed by atoms with E-state index in [1.54, 1.807) is 0 Å². The summed E-state index contributed by atoms with van der Waals surface area (Å²) in [5, 5.41) is 0. The highest BCUT2D eigenvalue weighted by molar-refractivity contribution is 6.95. The van der Waals surface area contributed by atoms with E-state index in [-0.39, 0.29) is 0 Å². The minimum atomic E-state index is -0.989. The third-order valence-electron chi connectivity index (χ3n) is 1.95. The lowest BCUT2D eigenvalue weighted by atomic mass is 10.9. The van der Waals surface area contributed by atoms with Crippen LogP contribution in [0.25, 0.3) is 0 Å². The van der Waals surface area contributed by atoms with Gasteiger partial charge in [0.2, 0.25) is 0 Å². The molecule has 1 nitrogen and oxygen atoms in total. The highest BCUT2D eigenvalue weighted by Crippen LogP contribution is 2.27. The van der Waals surface area contributed by atoms with Crippen molar-refractivity contribution in [3.05, 3.63) is 0 Å². The van der Waals surface area contributed by atoms with Crippen LogP contribution >= 0.6 is 0 Å². The molecule has 0 atom stereocenters. The minimum Gasteiger partial charge on any atom is -0.295 e. The van der Waals surface area contributed by atoms with Gasteiger partial charge in [-0.1, -0.05) is 26.2 Å². The van der Waals surface area contributed by atoms with E-state index in [1.165, 1.54) is 12.1 Å². The molecule has 1 aliphatic rings. The smallest absolute Gasteiger partial charge is 0.129 e. The second-order valence-corrected chi connectivity index (χ2v) is 13.4. The number of hydrogen-bond donors (Lipinski definition) is 0. The van der Waals surface area contributed by atoms with Crippen LogP contribution < -0.4 is 4.65 Å². The van der Waals surface area contributed by atoms with Crippen LogP contribution in [0.5, 0.6) is 0 Å². The van der Waals surface area contributed by atoms with Crippen LogP contribution in [0.1, 0.15) is 0 Å². The third kappa shape index (κ3) is 1.91. The van der Waals surface area contributed by atoms with Crippen molar-refractivity contribution in [2.24, 2.45) is 0 Å².